The molecule has 22 heavy (non-hydrogen) atoms. The normalized spacial score (nSPS) is 25.4. The number of nitrogens with zero attached hydrogens (tertiary/aromatic N) is 1. The van der Waals surface area contributed by atoms with Gasteiger partial charge >= 0.3 is 0 Å². The minimum Gasteiger partial charge on any atom is -0.495 e. The van der Waals surface area contributed by atoms with Gasteiger partial charge in [0.1, 0.15) is 10.6 Å². The van der Waals surface area contributed by atoms with Gasteiger partial charge in [-0.15, -0.1) is 12.4 Å². The largest absolute Gasteiger partial charge is 0.495 e. The van der Waals surface area contributed by atoms with E-state index in [9.17, 15) is 8.42 Å². The van der Waals surface area contributed by atoms with Gasteiger partial charge in [0.25, 0.3) is 0 Å². The molecule has 2 saturated heterocycles. The maximum absolute atomic E-state index is 13.1. The average molecular weight is 367 g/mol. The van der Waals surface area contributed by atoms with Crippen molar-refractivity contribution in [3.05, 3.63) is 23.2 Å². The van der Waals surface area contributed by atoms with Crippen molar-refractivity contribution in [3.63, 3.8) is 0 Å². The van der Waals surface area contributed by atoms with E-state index in [0.717, 1.165) is 25.8 Å². The predicted molar refractivity (Wildman–Crippen MR) is 88.6 cm³/mol. The van der Waals surface area contributed by atoms with Crippen LogP contribution in [-0.4, -0.2) is 45.0 Å². The second-order valence-electron chi connectivity index (χ2n) is 5.51. The molecule has 3 rings (SSSR count). The zero-order valence-electron chi connectivity index (χ0n) is 12.3. The number of methoxy groups -OCH3 is 1. The molecule has 1 aromatic rings. The molecule has 8 heteroatoms. The minimum absolute atomic E-state index is 0. The molecule has 2 bridgehead atoms. The fourth-order valence-electron chi connectivity index (χ4n) is 3.30. The fourth-order valence-corrected chi connectivity index (χ4v) is 5.62. The molecule has 0 radical (unpaired) electrons. The summed E-state index contributed by atoms with van der Waals surface area (Å²) in [6, 6.07) is 4.81. The number of benzene rings is 1. The van der Waals surface area contributed by atoms with E-state index in [1.165, 1.54) is 13.2 Å². The first-order valence-electron chi connectivity index (χ1n) is 7.12. The molecule has 5 nitrogen and oxygen atoms in total. The van der Waals surface area contributed by atoms with Gasteiger partial charge in [0.05, 0.1) is 7.11 Å². The van der Waals surface area contributed by atoms with Crippen molar-refractivity contribution in [2.75, 3.05) is 20.2 Å². The third-order valence-electron chi connectivity index (χ3n) is 4.27. The van der Waals surface area contributed by atoms with Gasteiger partial charge in [-0.05, 0) is 44.0 Å². The second-order valence-corrected chi connectivity index (χ2v) is 7.76. The lowest BCUT2D eigenvalue weighted by atomic mass is 10.1. The number of nitrogens with one attached hydrogen (secondary N) is 1. The molecular weight excluding hydrogens is 347 g/mol. The summed E-state index contributed by atoms with van der Waals surface area (Å²) in [5, 5.41) is 3.71. The number of hydrogen-bond donors (Lipinski definition) is 1. The van der Waals surface area contributed by atoms with E-state index >= 15 is 0 Å². The average Bonchev–Trinajstić information content (AvgIpc) is 2.72. The molecule has 1 N–H and O–H groups in total. The van der Waals surface area contributed by atoms with Crippen molar-refractivity contribution in [3.8, 4) is 5.75 Å². The van der Waals surface area contributed by atoms with Crippen LogP contribution in [0.25, 0.3) is 0 Å². The molecule has 2 unspecified atom stereocenters. The van der Waals surface area contributed by atoms with Gasteiger partial charge in [0, 0.05) is 23.7 Å². The van der Waals surface area contributed by atoms with E-state index in [0.29, 0.717) is 17.3 Å². The quantitative estimate of drug-likeness (QED) is 0.891. The van der Waals surface area contributed by atoms with Gasteiger partial charge in [-0.1, -0.05) is 11.6 Å². The van der Waals surface area contributed by atoms with Crippen LogP contribution in [0.1, 0.15) is 19.3 Å². The summed E-state index contributed by atoms with van der Waals surface area (Å²) in [7, 11) is -2.13. The lowest BCUT2D eigenvalue weighted by molar-refractivity contribution is 0.331. The van der Waals surface area contributed by atoms with Gasteiger partial charge in [-0.2, -0.15) is 4.31 Å². The Kier molecular flexibility index (Phi) is 5.61. The molecule has 0 aliphatic carbocycles. The second kappa shape index (κ2) is 6.93. The number of ether oxygens (including phenoxy) is 1. The minimum atomic E-state index is -3.60. The SMILES string of the molecule is COc1ccc(Cl)cc1S(=O)(=O)N1C2CCNCC1CC2.Cl. The first-order valence-corrected chi connectivity index (χ1v) is 8.93. The Morgan fingerprint density at radius 1 is 1.27 bits per heavy atom. The molecule has 0 saturated carbocycles. The molecule has 2 aliphatic rings. The Hall–Kier alpha value is -0.530. The molecule has 2 heterocycles. The summed E-state index contributed by atoms with van der Waals surface area (Å²) in [5.74, 6) is 0.344. The third kappa shape index (κ3) is 3.08. The smallest absolute Gasteiger partial charge is 0.247 e. The molecule has 2 aliphatic heterocycles. The molecule has 0 spiro atoms. The first kappa shape index (κ1) is 17.8. The van der Waals surface area contributed by atoms with Crippen molar-refractivity contribution >= 4 is 34.0 Å². The standard InChI is InChI=1S/C14H19ClN2O3S.ClH/c1-20-13-5-2-10(15)8-14(13)21(18,19)17-11-3-4-12(17)9-16-7-6-11;/h2,5,8,11-12,16H,3-4,6-7,9H2,1H3;1H. The van der Waals surface area contributed by atoms with Crippen LogP contribution in [0.4, 0.5) is 0 Å². The van der Waals surface area contributed by atoms with Crippen LogP contribution in [0.3, 0.4) is 0 Å². The lowest BCUT2D eigenvalue weighted by Gasteiger charge is -2.27. The summed E-state index contributed by atoms with van der Waals surface area (Å²) in [5.41, 5.74) is 0. The summed E-state index contributed by atoms with van der Waals surface area (Å²) in [4.78, 5) is 0.163. The maximum Gasteiger partial charge on any atom is 0.247 e. The van der Waals surface area contributed by atoms with E-state index in [1.807, 2.05) is 0 Å². The maximum atomic E-state index is 13.1. The van der Waals surface area contributed by atoms with Crippen molar-refractivity contribution in [1.29, 1.82) is 0 Å². The van der Waals surface area contributed by atoms with Crippen LogP contribution in [-0.2, 0) is 10.0 Å². The van der Waals surface area contributed by atoms with E-state index in [1.54, 1.807) is 16.4 Å². The van der Waals surface area contributed by atoms with E-state index in [2.05, 4.69) is 5.32 Å². The Balaban J connectivity index is 0.00000176. The molecule has 2 fully saturated rings. The first-order chi connectivity index (χ1) is 10.0. The number of hydrogen-bond acceptors (Lipinski definition) is 4. The van der Waals surface area contributed by atoms with Crippen LogP contribution < -0.4 is 10.1 Å². The Morgan fingerprint density at radius 3 is 2.73 bits per heavy atom. The predicted octanol–water partition coefficient (Wildman–Crippen LogP) is 2.29. The zero-order chi connectivity index (χ0) is 15.0. The zero-order valence-corrected chi connectivity index (χ0v) is 14.7. The molecule has 0 aromatic heterocycles. The number of halogens is 2. The summed E-state index contributed by atoms with van der Waals surface area (Å²) >= 11 is 5.99. The summed E-state index contributed by atoms with van der Waals surface area (Å²) in [6.45, 7) is 1.57. The number of sulfonamides is 1. The van der Waals surface area contributed by atoms with Crippen LogP contribution >= 0.6 is 24.0 Å². The fraction of sp³-hybridized carbons (Fsp3) is 0.571. The Bertz CT molecular complexity index is 625. The van der Waals surface area contributed by atoms with E-state index < -0.39 is 10.0 Å². The van der Waals surface area contributed by atoms with Gasteiger partial charge in [0.15, 0.2) is 0 Å². The van der Waals surface area contributed by atoms with E-state index in [-0.39, 0.29) is 29.4 Å². The summed E-state index contributed by atoms with van der Waals surface area (Å²) < 4.78 is 33.1. The monoisotopic (exact) mass is 366 g/mol. The topological polar surface area (TPSA) is 58.6 Å². The molecule has 0 amide bonds. The van der Waals surface area contributed by atoms with Gasteiger partial charge in [0.2, 0.25) is 10.0 Å². The Morgan fingerprint density at radius 2 is 2.00 bits per heavy atom. The van der Waals surface area contributed by atoms with Crippen LogP contribution in [0.2, 0.25) is 5.02 Å². The van der Waals surface area contributed by atoms with Crippen molar-refractivity contribution < 1.29 is 13.2 Å². The molecule has 1 aromatic carbocycles. The van der Waals surface area contributed by atoms with Gasteiger partial charge in [-0.3, -0.25) is 0 Å². The Labute approximate surface area is 142 Å². The molecule has 2 atom stereocenters. The highest BCUT2D eigenvalue weighted by molar-refractivity contribution is 7.89. The molecule has 124 valence electrons. The third-order valence-corrected chi connectivity index (χ3v) is 6.53. The van der Waals surface area contributed by atoms with Gasteiger partial charge < -0.3 is 10.1 Å². The van der Waals surface area contributed by atoms with Crippen LogP contribution in [0.15, 0.2) is 23.1 Å². The highest BCUT2D eigenvalue weighted by atomic mass is 35.5. The van der Waals surface area contributed by atoms with Crippen molar-refractivity contribution in [2.45, 2.75) is 36.2 Å². The van der Waals surface area contributed by atoms with Crippen LogP contribution in [0, 0.1) is 0 Å². The highest BCUT2D eigenvalue weighted by Crippen LogP contribution is 2.37. The number of rotatable bonds is 3. The van der Waals surface area contributed by atoms with Gasteiger partial charge in [-0.25, -0.2) is 8.42 Å². The van der Waals surface area contributed by atoms with Crippen molar-refractivity contribution in [1.82, 2.24) is 9.62 Å². The van der Waals surface area contributed by atoms with E-state index in [4.69, 9.17) is 16.3 Å². The highest BCUT2D eigenvalue weighted by Gasteiger charge is 2.43. The lowest BCUT2D eigenvalue weighted by Crippen LogP contribution is -2.42. The molecular formula is C14H20Cl2N2O3S. The number of fused-ring (bicyclic) bond motifs is 2. The van der Waals surface area contributed by atoms with Crippen molar-refractivity contribution in [2.24, 2.45) is 0 Å². The summed E-state index contributed by atoms with van der Waals surface area (Å²) in [6.07, 6.45) is 2.67. The van der Waals surface area contributed by atoms with Crippen LogP contribution in [0.5, 0.6) is 5.75 Å².